The van der Waals surface area contributed by atoms with E-state index in [9.17, 15) is 4.39 Å². The fourth-order valence-electron chi connectivity index (χ4n) is 2.59. The first-order valence-electron chi connectivity index (χ1n) is 6.39. The molecule has 0 bridgehead atoms. The zero-order valence-electron chi connectivity index (χ0n) is 11.2. The number of nitrogens with one attached hydrogen (secondary N) is 1. The van der Waals surface area contributed by atoms with E-state index in [0.29, 0.717) is 24.4 Å². The number of rotatable bonds is 3. The van der Waals surface area contributed by atoms with E-state index in [1.54, 1.807) is 7.11 Å². The van der Waals surface area contributed by atoms with Crippen molar-refractivity contribution in [1.29, 1.82) is 0 Å². The smallest absolute Gasteiger partial charge is 0.131 e. The monoisotopic (exact) mass is 252 g/mol. The summed E-state index contributed by atoms with van der Waals surface area (Å²) < 4.78 is 18.9. The van der Waals surface area contributed by atoms with Crippen molar-refractivity contribution >= 4 is 0 Å². The molecule has 3 nitrogen and oxygen atoms in total. The van der Waals surface area contributed by atoms with Gasteiger partial charge in [0.1, 0.15) is 11.6 Å². The lowest BCUT2D eigenvalue weighted by atomic mass is 10.1. The van der Waals surface area contributed by atoms with Crippen LogP contribution in [0.15, 0.2) is 18.2 Å². The van der Waals surface area contributed by atoms with E-state index in [4.69, 9.17) is 4.74 Å². The van der Waals surface area contributed by atoms with Gasteiger partial charge in [-0.2, -0.15) is 0 Å². The van der Waals surface area contributed by atoms with Gasteiger partial charge >= 0.3 is 0 Å². The van der Waals surface area contributed by atoms with Gasteiger partial charge in [-0.05, 0) is 19.9 Å². The summed E-state index contributed by atoms with van der Waals surface area (Å²) in [7, 11) is 1.55. The third-order valence-electron chi connectivity index (χ3n) is 3.29. The maximum Gasteiger partial charge on any atom is 0.131 e. The van der Waals surface area contributed by atoms with Crippen molar-refractivity contribution in [2.45, 2.75) is 32.5 Å². The molecular formula is C14H21FN2O. The van der Waals surface area contributed by atoms with Crippen LogP contribution in [0.5, 0.6) is 5.75 Å². The molecule has 1 N–H and O–H groups in total. The Kier molecular flexibility index (Phi) is 4.19. The van der Waals surface area contributed by atoms with Crippen LogP contribution < -0.4 is 10.1 Å². The van der Waals surface area contributed by atoms with Gasteiger partial charge in [0.05, 0.1) is 7.11 Å². The highest BCUT2D eigenvalue weighted by Gasteiger charge is 2.21. The zero-order valence-corrected chi connectivity index (χ0v) is 11.2. The molecule has 1 fully saturated rings. The molecule has 1 saturated heterocycles. The van der Waals surface area contributed by atoms with Crippen molar-refractivity contribution in [3.8, 4) is 5.75 Å². The molecule has 0 saturated carbocycles. The summed E-state index contributed by atoms with van der Waals surface area (Å²) in [5.74, 6) is 0.381. The molecule has 18 heavy (non-hydrogen) atoms. The van der Waals surface area contributed by atoms with Crippen LogP contribution in [0.2, 0.25) is 0 Å². The van der Waals surface area contributed by atoms with E-state index < -0.39 is 0 Å². The number of ether oxygens (including phenoxy) is 1. The van der Waals surface area contributed by atoms with E-state index >= 15 is 0 Å². The standard InChI is InChI=1S/C14H21FN2O/c1-10-7-17(8-11(2)16-10)9-12-4-5-13(18-3)6-14(12)15/h4-6,10-11,16H,7-9H2,1-3H3. The Balaban J connectivity index is 2.04. The third-order valence-corrected chi connectivity index (χ3v) is 3.29. The number of hydrogen-bond donors (Lipinski definition) is 1. The van der Waals surface area contributed by atoms with Crippen molar-refractivity contribution in [2.24, 2.45) is 0 Å². The Morgan fingerprint density at radius 3 is 2.56 bits per heavy atom. The average Bonchev–Trinajstić information content (AvgIpc) is 2.30. The van der Waals surface area contributed by atoms with Gasteiger partial charge in [0.15, 0.2) is 0 Å². The van der Waals surface area contributed by atoms with Gasteiger partial charge in [0, 0.05) is 43.3 Å². The minimum absolute atomic E-state index is 0.187. The first kappa shape index (κ1) is 13.3. The summed E-state index contributed by atoms with van der Waals surface area (Å²) in [6.45, 7) is 6.89. The van der Waals surface area contributed by atoms with E-state index in [1.165, 1.54) is 6.07 Å². The number of piperazine rings is 1. The normalized spacial score (nSPS) is 25.1. The maximum atomic E-state index is 13.9. The van der Waals surface area contributed by atoms with Crippen LogP contribution in [0.1, 0.15) is 19.4 Å². The van der Waals surface area contributed by atoms with Crippen molar-refractivity contribution in [2.75, 3.05) is 20.2 Å². The highest BCUT2D eigenvalue weighted by molar-refractivity contribution is 5.28. The predicted octanol–water partition coefficient (Wildman–Crippen LogP) is 2.02. The predicted molar refractivity (Wildman–Crippen MR) is 70.3 cm³/mol. The molecule has 1 aliphatic rings. The van der Waals surface area contributed by atoms with Gasteiger partial charge in [-0.3, -0.25) is 4.90 Å². The third kappa shape index (κ3) is 3.21. The van der Waals surface area contributed by atoms with E-state index in [1.807, 2.05) is 12.1 Å². The fraction of sp³-hybridized carbons (Fsp3) is 0.571. The van der Waals surface area contributed by atoms with Gasteiger partial charge in [-0.15, -0.1) is 0 Å². The molecule has 0 spiro atoms. The molecule has 0 amide bonds. The Labute approximate surface area is 108 Å². The van der Waals surface area contributed by atoms with Crippen LogP contribution in [0.4, 0.5) is 4.39 Å². The van der Waals surface area contributed by atoms with Crippen molar-refractivity contribution in [3.05, 3.63) is 29.6 Å². The van der Waals surface area contributed by atoms with Gasteiger partial charge in [0.2, 0.25) is 0 Å². The first-order chi connectivity index (χ1) is 8.58. The molecule has 2 atom stereocenters. The second-order valence-electron chi connectivity index (χ2n) is 5.12. The summed E-state index contributed by atoms with van der Waals surface area (Å²) in [5, 5.41) is 3.47. The van der Waals surface area contributed by atoms with E-state index in [0.717, 1.165) is 18.7 Å². The molecule has 1 heterocycles. The molecule has 0 aromatic heterocycles. The van der Waals surface area contributed by atoms with Crippen LogP contribution in [-0.2, 0) is 6.54 Å². The van der Waals surface area contributed by atoms with Crippen LogP contribution in [-0.4, -0.2) is 37.2 Å². The minimum Gasteiger partial charge on any atom is -0.497 e. The van der Waals surface area contributed by atoms with Gasteiger partial charge in [-0.1, -0.05) is 6.07 Å². The quantitative estimate of drug-likeness (QED) is 0.890. The minimum atomic E-state index is -0.187. The van der Waals surface area contributed by atoms with Gasteiger partial charge in [0.25, 0.3) is 0 Å². The van der Waals surface area contributed by atoms with E-state index in [-0.39, 0.29) is 5.82 Å². The molecule has 100 valence electrons. The Hall–Kier alpha value is -1.13. The number of methoxy groups -OCH3 is 1. The summed E-state index contributed by atoms with van der Waals surface area (Å²) in [4.78, 5) is 2.29. The molecule has 1 aromatic rings. The summed E-state index contributed by atoms with van der Waals surface area (Å²) in [5.41, 5.74) is 0.733. The zero-order chi connectivity index (χ0) is 13.1. The molecule has 4 heteroatoms. The Morgan fingerprint density at radius 1 is 1.33 bits per heavy atom. The summed E-state index contributed by atoms with van der Waals surface area (Å²) in [6, 6.07) is 5.98. The lowest BCUT2D eigenvalue weighted by Gasteiger charge is -2.36. The van der Waals surface area contributed by atoms with Crippen molar-refractivity contribution in [3.63, 3.8) is 0 Å². The van der Waals surface area contributed by atoms with Gasteiger partial charge < -0.3 is 10.1 Å². The summed E-state index contributed by atoms with van der Waals surface area (Å²) >= 11 is 0. The Bertz CT molecular complexity index is 401. The fourth-order valence-corrected chi connectivity index (χ4v) is 2.59. The lowest BCUT2D eigenvalue weighted by molar-refractivity contribution is 0.165. The lowest BCUT2D eigenvalue weighted by Crippen LogP contribution is -2.53. The van der Waals surface area contributed by atoms with Crippen molar-refractivity contribution < 1.29 is 9.13 Å². The highest BCUT2D eigenvalue weighted by Crippen LogP contribution is 2.18. The number of halogens is 1. The number of nitrogens with zero attached hydrogens (tertiary/aromatic N) is 1. The van der Waals surface area contributed by atoms with Crippen LogP contribution in [0.25, 0.3) is 0 Å². The Morgan fingerprint density at radius 2 is 2.00 bits per heavy atom. The van der Waals surface area contributed by atoms with Crippen molar-refractivity contribution in [1.82, 2.24) is 10.2 Å². The topological polar surface area (TPSA) is 24.5 Å². The second kappa shape index (κ2) is 5.67. The van der Waals surface area contributed by atoms with Gasteiger partial charge in [-0.25, -0.2) is 4.39 Å². The SMILES string of the molecule is COc1ccc(CN2CC(C)NC(C)C2)c(F)c1. The molecule has 1 aromatic carbocycles. The number of hydrogen-bond acceptors (Lipinski definition) is 3. The molecule has 0 aliphatic carbocycles. The second-order valence-corrected chi connectivity index (χ2v) is 5.12. The average molecular weight is 252 g/mol. The largest absolute Gasteiger partial charge is 0.497 e. The van der Waals surface area contributed by atoms with Crippen LogP contribution in [0.3, 0.4) is 0 Å². The summed E-state index contributed by atoms with van der Waals surface area (Å²) in [6.07, 6.45) is 0. The molecule has 2 rings (SSSR count). The van der Waals surface area contributed by atoms with Crippen LogP contribution >= 0.6 is 0 Å². The molecule has 0 radical (unpaired) electrons. The first-order valence-corrected chi connectivity index (χ1v) is 6.39. The molecule has 2 unspecified atom stereocenters. The highest BCUT2D eigenvalue weighted by atomic mass is 19.1. The van der Waals surface area contributed by atoms with E-state index in [2.05, 4.69) is 24.1 Å². The van der Waals surface area contributed by atoms with Crippen LogP contribution in [0, 0.1) is 5.82 Å². The molecule has 1 aliphatic heterocycles. The maximum absolute atomic E-state index is 13.9. The molecular weight excluding hydrogens is 231 g/mol. The number of benzene rings is 1.